The normalized spacial score (nSPS) is 14.5. The Balaban J connectivity index is 4.72. The van der Waals surface area contributed by atoms with Crippen LogP contribution in [0.4, 0.5) is 0 Å². The molecule has 0 bridgehead atoms. The first kappa shape index (κ1) is 18.9. The molecule has 0 aromatic carbocycles. The molecule has 0 heterocycles. The highest BCUT2D eigenvalue weighted by Gasteiger charge is 2.33. The Kier molecular flexibility index (Phi) is 8.51. The summed E-state index contributed by atoms with van der Waals surface area (Å²) >= 11 is 0. The fraction of sp³-hybridized carbons (Fsp3) is 0.875. The number of carbonyl (C=O) groups excluding carboxylic acids is 2. The molecule has 0 aliphatic heterocycles. The molecule has 4 nitrogen and oxygen atoms in total. The van der Waals surface area contributed by atoms with E-state index in [4.69, 9.17) is 9.47 Å². The second kappa shape index (κ2) is 8.98. The number of esters is 2. The van der Waals surface area contributed by atoms with Crippen LogP contribution in [0.1, 0.15) is 67.2 Å². The highest BCUT2D eigenvalue weighted by molar-refractivity contribution is 5.82. The van der Waals surface area contributed by atoms with E-state index in [0.717, 1.165) is 19.3 Å². The molecule has 0 fully saturated rings. The van der Waals surface area contributed by atoms with E-state index in [2.05, 4.69) is 6.92 Å². The van der Waals surface area contributed by atoms with Crippen LogP contribution in [0.2, 0.25) is 0 Å². The minimum atomic E-state index is -0.534. The van der Waals surface area contributed by atoms with Crippen molar-refractivity contribution < 1.29 is 19.1 Å². The molecule has 2 atom stereocenters. The summed E-state index contributed by atoms with van der Waals surface area (Å²) < 4.78 is 10.5. The molecule has 0 aliphatic carbocycles. The van der Waals surface area contributed by atoms with Crippen LogP contribution in [-0.4, -0.2) is 24.1 Å². The van der Waals surface area contributed by atoms with Gasteiger partial charge in [-0.15, -0.1) is 0 Å². The molecule has 0 aliphatic rings. The van der Waals surface area contributed by atoms with E-state index in [-0.39, 0.29) is 11.9 Å². The Labute approximate surface area is 123 Å². The Bertz CT molecular complexity index is 304. The van der Waals surface area contributed by atoms with E-state index in [1.54, 1.807) is 13.8 Å². The van der Waals surface area contributed by atoms with Gasteiger partial charge in [0.1, 0.15) is 5.60 Å². The third kappa shape index (κ3) is 7.51. The summed E-state index contributed by atoms with van der Waals surface area (Å²) in [7, 11) is 0. The van der Waals surface area contributed by atoms with Crippen LogP contribution < -0.4 is 0 Å². The van der Waals surface area contributed by atoms with Crippen molar-refractivity contribution in [3.05, 3.63) is 0 Å². The first-order chi connectivity index (χ1) is 9.22. The van der Waals surface area contributed by atoms with Crippen molar-refractivity contribution in [2.75, 3.05) is 6.61 Å². The molecule has 0 amide bonds. The number of ether oxygens (including phenoxy) is 2. The smallest absolute Gasteiger partial charge is 0.310 e. The summed E-state index contributed by atoms with van der Waals surface area (Å²) in [6.07, 6.45) is 3.73. The summed E-state index contributed by atoms with van der Waals surface area (Å²) in [5.74, 6) is -1.49. The van der Waals surface area contributed by atoms with E-state index < -0.39 is 17.4 Å². The van der Waals surface area contributed by atoms with Gasteiger partial charge in [0.05, 0.1) is 18.4 Å². The van der Waals surface area contributed by atoms with Crippen molar-refractivity contribution in [2.24, 2.45) is 11.8 Å². The molecular formula is C16H30O4. The zero-order chi connectivity index (χ0) is 15.8. The van der Waals surface area contributed by atoms with E-state index in [1.165, 1.54) is 0 Å². The fourth-order valence-corrected chi connectivity index (χ4v) is 1.99. The number of carbonyl (C=O) groups is 2. The van der Waals surface area contributed by atoms with E-state index in [1.807, 2.05) is 20.8 Å². The largest absolute Gasteiger partial charge is 0.466 e. The van der Waals surface area contributed by atoms with Crippen molar-refractivity contribution in [3.63, 3.8) is 0 Å². The van der Waals surface area contributed by atoms with Crippen LogP contribution >= 0.6 is 0 Å². The van der Waals surface area contributed by atoms with Gasteiger partial charge in [0.15, 0.2) is 0 Å². The van der Waals surface area contributed by atoms with Gasteiger partial charge in [-0.05, 0) is 34.1 Å². The van der Waals surface area contributed by atoms with Crippen molar-refractivity contribution in [1.82, 2.24) is 0 Å². The Hall–Kier alpha value is -1.06. The fourth-order valence-electron chi connectivity index (χ4n) is 1.99. The van der Waals surface area contributed by atoms with Gasteiger partial charge in [0, 0.05) is 0 Å². The maximum atomic E-state index is 12.1. The zero-order valence-electron chi connectivity index (χ0n) is 13.8. The Morgan fingerprint density at radius 1 is 1.05 bits per heavy atom. The van der Waals surface area contributed by atoms with Crippen molar-refractivity contribution in [1.29, 1.82) is 0 Å². The quantitative estimate of drug-likeness (QED) is 0.504. The van der Waals surface area contributed by atoms with E-state index in [9.17, 15) is 9.59 Å². The molecular weight excluding hydrogens is 256 g/mol. The van der Waals surface area contributed by atoms with E-state index >= 15 is 0 Å². The van der Waals surface area contributed by atoms with Crippen LogP contribution in [0.15, 0.2) is 0 Å². The van der Waals surface area contributed by atoms with E-state index in [0.29, 0.717) is 13.0 Å². The lowest BCUT2D eigenvalue weighted by molar-refractivity contribution is -0.167. The summed E-state index contributed by atoms with van der Waals surface area (Å²) in [4.78, 5) is 24.1. The molecule has 4 heteroatoms. The third-order valence-electron chi connectivity index (χ3n) is 3.09. The molecule has 118 valence electrons. The number of unbranched alkanes of at least 4 members (excludes halogenated alkanes) is 2. The summed E-state index contributed by atoms with van der Waals surface area (Å²) in [6, 6.07) is 0. The number of hydrogen-bond donors (Lipinski definition) is 0. The van der Waals surface area contributed by atoms with Gasteiger partial charge in [-0.2, -0.15) is 0 Å². The third-order valence-corrected chi connectivity index (χ3v) is 3.09. The van der Waals surface area contributed by atoms with Crippen LogP contribution in [0, 0.1) is 11.8 Å². The standard InChI is InChI=1S/C16H30O4/c1-7-9-10-11-13(15(18)19-8-2)12(3)14(17)20-16(4,5)6/h12-13H,7-11H2,1-6H3. The first-order valence-corrected chi connectivity index (χ1v) is 7.62. The van der Waals surface area contributed by atoms with Crippen LogP contribution in [0.5, 0.6) is 0 Å². The molecule has 0 N–H and O–H groups in total. The van der Waals surface area contributed by atoms with Crippen molar-refractivity contribution in [2.45, 2.75) is 72.8 Å². The van der Waals surface area contributed by atoms with Gasteiger partial charge in [-0.1, -0.05) is 33.1 Å². The minimum absolute atomic E-state index is 0.290. The molecule has 0 aromatic rings. The summed E-state index contributed by atoms with van der Waals surface area (Å²) in [5.41, 5.74) is -0.534. The van der Waals surface area contributed by atoms with Crippen LogP contribution in [-0.2, 0) is 19.1 Å². The highest BCUT2D eigenvalue weighted by atomic mass is 16.6. The second-order valence-electron chi connectivity index (χ2n) is 6.18. The Morgan fingerprint density at radius 2 is 1.65 bits per heavy atom. The monoisotopic (exact) mass is 286 g/mol. The maximum absolute atomic E-state index is 12.1. The van der Waals surface area contributed by atoms with Gasteiger partial charge in [-0.25, -0.2) is 0 Å². The van der Waals surface area contributed by atoms with Gasteiger partial charge in [-0.3, -0.25) is 9.59 Å². The SMILES string of the molecule is CCCCCC(C(=O)OCC)C(C)C(=O)OC(C)(C)C. The molecule has 0 saturated heterocycles. The maximum Gasteiger partial charge on any atom is 0.310 e. The highest BCUT2D eigenvalue weighted by Crippen LogP contribution is 2.24. The average molecular weight is 286 g/mol. The summed E-state index contributed by atoms with van der Waals surface area (Å²) in [5, 5.41) is 0. The van der Waals surface area contributed by atoms with Gasteiger partial charge < -0.3 is 9.47 Å². The lowest BCUT2D eigenvalue weighted by atomic mass is 9.89. The average Bonchev–Trinajstić information content (AvgIpc) is 2.32. The molecule has 2 unspecified atom stereocenters. The van der Waals surface area contributed by atoms with Gasteiger partial charge in [0.25, 0.3) is 0 Å². The van der Waals surface area contributed by atoms with Crippen molar-refractivity contribution in [3.8, 4) is 0 Å². The molecule has 0 spiro atoms. The van der Waals surface area contributed by atoms with Crippen molar-refractivity contribution >= 4 is 11.9 Å². The van der Waals surface area contributed by atoms with Gasteiger partial charge in [0.2, 0.25) is 0 Å². The predicted molar refractivity (Wildman–Crippen MR) is 79.3 cm³/mol. The zero-order valence-corrected chi connectivity index (χ0v) is 13.8. The second-order valence-corrected chi connectivity index (χ2v) is 6.18. The first-order valence-electron chi connectivity index (χ1n) is 7.62. The summed E-state index contributed by atoms with van der Waals surface area (Å²) in [6.45, 7) is 11.5. The van der Waals surface area contributed by atoms with Crippen LogP contribution in [0.3, 0.4) is 0 Å². The number of hydrogen-bond acceptors (Lipinski definition) is 4. The molecule has 20 heavy (non-hydrogen) atoms. The molecule has 0 saturated carbocycles. The number of rotatable bonds is 8. The Morgan fingerprint density at radius 3 is 2.10 bits per heavy atom. The lowest BCUT2D eigenvalue weighted by Crippen LogP contribution is -2.34. The van der Waals surface area contributed by atoms with Gasteiger partial charge >= 0.3 is 11.9 Å². The van der Waals surface area contributed by atoms with Crippen LogP contribution in [0.25, 0.3) is 0 Å². The lowest BCUT2D eigenvalue weighted by Gasteiger charge is -2.26. The topological polar surface area (TPSA) is 52.6 Å². The predicted octanol–water partition coefficient (Wildman–Crippen LogP) is 3.72. The minimum Gasteiger partial charge on any atom is -0.466 e. The molecule has 0 aromatic heterocycles. The molecule has 0 radical (unpaired) electrons. The molecule has 0 rings (SSSR count).